The number of benzene rings is 1. The number of nitro benzene ring substituents is 1. The third-order valence-corrected chi connectivity index (χ3v) is 6.48. The van der Waals surface area contributed by atoms with Crippen LogP contribution in [0.4, 0.5) is 10.1 Å². The molecule has 0 amide bonds. The Bertz CT molecular complexity index is 796. The fourth-order valence-corrected chi connectivity index (χ4v) is 5.47. The lowest BCUT2D eigenvalue weighted by Gasteiger charge is -2.22. The number of carboxylic acids is 1. The molecule has 1 aromatic carbocycles. The highest BCUT2D eigenvalue weighted by Gasteiger charge is 2.54. The predicted octanol–water partition coefficient (Wildman–Crippen LogP) is 1.36. The average Bonchev–Trinajstić information content (AvgIpc) is 3.05. The van der Waals surface area contributed by atoms with Crippen molar-refractivity contribution in [1.82, 2.24) is 4.31 Å². The molecule has 3 atom stereocenters. The summed E-state index contributed by atoms with van der Waals surface area (Å²) in [5.41, 5.74) is -0.547. The van der Waals surface area contributed by atoms with E-state index < -0.39 is 55.3 Å². The van der Waals surface area contributed by atoms with Crippen LogP contribution in [0, 0.1) is 21.8 Å². The molecule has 2 aliphatic heterocycles. The van der Waals surface area contributed by atoms with Gasteiger partial charge < -0.3 is 5.11 Å². The molecule has 10 heteroatoms. The molecule has 0 aliphatic carbocycles. The van der Waals surface area contributed by atoms with E-state index in [-0.39, 0.29) is 6.42 Å². The van der Waals surface area contributed by atoms with Crippen molar-refractivity contribution in [2.75, 3.05) is 0 Å². The van der Waals surface area contributed by atoms with Gasteiger partial charge in [0.25, 0.3) is 5.69 Å². The molecule has 1 N–H and O–H groups in total. The lowest BCUT2D eigenvalue weighted by molar-refractivity contribution is -0.385. The Hall–Kier alpha value is -2.07. The standard InChI is InChI=1S/C13H13FN2O6S/c14-10-6-8(16(19)20)2-4-12(10)23(21,22)15-7-1-3-11(15)9(5-7)13(17)18/h2,4,6-7,9,11H,1,3,5H2,(H,17,18). The van der Waals surface area contributed by atoms with Crippen molar-refractivity contribution in [2.24, 2.45) is 5.92 Å². The zero-order valence-electron chi connectivity index (χ0n) is 11.8. The SMILES string of the molecule is O=C(O)C1CC2CCC1N2S(=O)(=O)c1ccc([N+](=O)[O-])cc1F. The number of non-ortho nitro benzene ring substituents is 1. The van der Waals surface area contributed by atoms with Gasteiger partial charge in [0, 0.05) is 18.2 Å². The van der Waals surface area contributed by atoms with Gasteiger partial charge in [-0.2, -0.15) is 4.31 Å². The van der Waals surface area contributed by atoms with Gasteiger partial charge in [0.1, 0.15) is 10.7 Å². The van der Waals surface area contributed by atoms with Crippen LogP contribution in [0.1, 0.15) is 19.3 Å². The number of rotatable bonds is 4. The minimum atomic E-state index is -4.24. The van der Waals surface area contributed by atoms with E-state index in [1.54, 1.807) is 0 Å². The molecule has 2 aliphatic rings. The number of sulfonamides is 1. The van der Waals surface area contributed by atoms with E-state index in [1.165, 1.54) is 0 Å². The molecule has 8 nitrogen and oxygen atoms in total. The fraction of sp³-hybridized carbons (Fsp3) is 0.462. The predicted molar refractivity (Wildman–Crippen MR) is 74.6 cm³/mol. The van der Waals surface area contributed by atoms with E-state index in [0.717, 1.165) is 16.4 Å². The normalized spacial score (nSPS) is 27.3. The molecule has 3 rings (SSSR count). The second kappa shape index (κ2) is 5.24. The highest BCUT2D eigenvalue weighted by molar-refractivity contribution is 7.89. The summed E-state index contributed by atoms with van der Waals surface area (Å²) in [7, 11) is -4.24. The van der Waals surface area contributed by atoms with Gasteiger partial charge in [-0.05, 0) is 25.3 Å². The van der Waals surface area contributed by atoms with Gasteiger partial charge in [0.2, 0.25) is 10.0 Å². The first-order chi connectivity index (χ1) is 10.7. The summed E-state index contributed by atoms with van der Waals surface area (Å²) in [6.45, 7) is 0. The zero-order valence-corrected chi connectivity index (χ0v) is 12.6. The molecular weight excluding hydrogens is 331 g/mol. The molecule has 0 radical (unpaired) electrons. The lowest BCUT2D eigenvalue weighted by Crippen LogP contribution is -2.38. The van der Waals surface area contributed by atoms with E-state index >= 15 is 0 Å². The van der Waals surface area contributed by atoms with Crippen LogP contribution in [0.5, 0.6) is 0 Å². The van der Waals surface area contributed by atoms with E-state index in [4.69, 9.17) is 0 Å². The van der Waals surface area contributed by atoms with Crippen LogP contribution < -0.4 is 0 Å². The Morgan fingerprint density at radius 1 is 1.39 bits per heavy atom. The first-order valence-corrected chi connectivity index (χ1v) is 8.37. The van der Waals surface area contributed by atoms with Gasteiger partial charge in [-0.15, -0.1) is 0 Å². The van der Waals surface area contributed by atoms with Gasteiger partial charge in [-0.1, -0.05) is 0 Å². The van der Waals surface area contributed by atoms with Crippen LogP contribution >= 0.6 is 0 Å². The van der Waals surface area contributed by atoms with Crippen molar-refractivity contribution in [3.8, 4) is 0 Å². The number of halogens is 1. The first kappa shape index (κ1) is 15.8. The number of hydrogen-bond donors (Lipinski definition) is 1. The number of nitro groups is 1. The molecule has 2 bridgehead atoms. The van der Waals surface area contributed by atoms with Crippen LogP contribution in [0.25, 0.3) is 0 Å². The number of fused-ring (bicyclic) bond motifs is 2. The Kier molecular flexibility index (Phi) is 3.60. The van der Waals surface area contributed by atoms with Gasteiger partial charge in [-0.3, -0.25) is 14.9 Å². The molecule has 0 saturated carbocycles. The lowest BCUT2D eigenvalue weighted by atomic mass is 9.89. The highest BCUT2D eigenvalue weighted by Crippen LogP contribution is 2.45. The summed E-state index contributed by atoms with van der Waals surface area (Å²) in [5, 5.41) is 19.8. The number of hydrogen-bond acceptors (Lipinski definition) is 5. The summed E-state index contributed by atoms with van der Waals surface area (Å²) in [6, 6.07) is 1.16. The van der Waals surface area contributed by atoms with Crippen molar-refractivity contribution in [3.63, 3.8) is 0 Å². The quantitative estimate of drug-likeness (QED) is 0.651. The van der Waals surface area contributed by atoms with Gasteiger partial charge in [0.05, 0.1) is 16.9 Å². The first-order valence-electron chi connectivity index (χ1n) is 6.93. The largest absolute Gasteiger partial charge is 0.481 e. The van der Waals surface area contributed by atoms with E-state index in [9.17, 15) is 32.8 Å². The van der Waals surface area contributed by atoms with Crippen molar-refractivity contribution in [3.05, 3.63) is 34.1 Å². The molecule has 124 valence electrons. The van der Waals surface area contributed by atoms with Gasteiger partial charge >= 0.3 is 5.97 Å². The van der Waals surface area contributed by atoms with Crippen LogP contribution in [0.3, 0.4) is 0 Å². The Balaban J connectivity index is 2.00. The van der Waals surface area contributed by atoms with Gasteiger partial charge in [-0.25, -0.2) is 12.8 Å². The number of aliphatic carboxylic acids is 1. The van der Waals surface area contributed by atoms with Gasteiger partial charge in [0.15, 0.2) is 0 Å². The Labute approximate surface area is 130 Å². The molecular formula is C13H13FN2O6S. The van der Waals surface area contributed by atoms with E-state index in [1.807, 2.05) is 0 Å². The molecule has 0 aromatic heterocycles. The molecule has 3 unspecified atom stereocenters. The summed E-state index contributed by atoms with van der Waals surface area (Å²) in [6.07, 6.45) is 1.14. The minimum absolute atomic E-state index is 0.202. The maximum atomic E-state index is 14.1. The molecule has 1 aromatic rings. The summed E-state index contributed by atoms with van der Waals surface area (Å²) in [5.74, 6) is -3.08. The second-order valence-corrected chi connectivity index (χ2v) is 7.50. The maximum absolute atomic E-state index is 14.1. The molecule has 23 heavy (non-hydrogen) atoms. The molecule has 2 fully saturated rings. The summed E-state index contributed by atoms with van der Waals surface area (Å²) in [4.78, 5) is 20.4. The Morgan fingerprint density at radius 2 is 2.09 bits per heavy atom. The van der Waals surface area contributed by atoms with Crippen molar-refractivity contribution < 1.29 is 27.6 Å². The van der Waals surface area contributed by atoms with Crippen LogP contribution in [-0.2, 0) is 14.8 Å². The molecule has 0 spiro atoms. The second-order valence-electron chi connectivity index (χ2n) is 5.69. The summed E-state index contributed by atoms with van der Waals surface area (Å²) < 4.78 is 40.5. The average molecular weight is 344 g/mol. The smallest absolute Gasteiger partial charge is 0.308 e. The van der Waals surface area contributed by atoms with Crippen LogP contribution in [-0.4, -0.2) is 40.8 Å². The number of carboxylic acid groups (broad SMARTS) is 1. The highest BCUT2D eigenvalue weighted by atomic mass is 32.2. The Morgan fingerprint density at radius 3 is 2.61 bits per heavy atom. The zero-order chi connectivity index (χ0) is 16.9. The molecule has 2 saturated heterocycles. The van der Waals surface area contributed by atoms with E-state index in [2.05, 4.69) is 0 Å². The third-order valence-electron chi connectivity index (χ3n) is 4.47. The summed E-state index contributed by atoms with van der Waals surface area (Å²) >= 11 is 0. The minimum Gasteiger partial charge on any atom is -0.481 e. The maximum Gasteiger partial charge on any atom is 0.308 e. The monoisotopic (exact) mass is 344 g/mol. The van der Waals surface area contributed by atoms with Crippen LogP contribution in [0.15, 0.2) is 23.1 Å². The molecule has 2 heterocycles. The number of carbonyl (C=O) groups is 1. The van der Waals surface area contributed by atoms with Crippen molar-refractivity contribution >= 4 is 21.7 Å². The van der Waals surface area contributed by atoms with Crippen molar-refractivity contribution in [1.29, 1.82) is 0 Å². The van der Waals surface area contributed by atoms with E-state index in [0.29, 0.717) is 18.9 Å². The third kappa shape index (κ3) is 2.38. The fourth-order valence-electron chi connectivity index (χ4n) is 3.50. The van der Waals surface area contributed by atoms with Crippen LogP contribution in [0.2, 0.25) is 0 Å². The topological polar surface area (TPSA) is 118 Å². The van der Waals surface area contributed by atoms with Crippen molar-refractivity contribution in [2.45, 2.75) is 36.2 Å². The number of nitrogens with zero attached hydrogens (tertiary/aromatic N) is 2.